The molecule has 2 radical (unpaired) electrons. The first-order chi connectivity index (χ1) is 9.17. The van der Waals surface area contributed by atoms with Crippen LogP contribution >= 0.6 is 0 Å². The van der Waals surface area contributed by atoms with Gasteiger partial charge in [0.15, 0.2) is 5.81 Å². The van der Waals surface area contributed by atoms with Gasteiger partial charge in [-0.2, -0.15) is 0 Å². The summed E-state index contributed by atoms with van der Waals surface area (Å²) in [5.41, 5.74) is 0.917. The first kappa shape index (κ1) is 13.5. The van der Waals surface area contributed by atoms with E-state index in [9.17, 15) is 4.79 Å². The summed E-state index contributed by atoms with van der Waals surface area (Å²) in [6, 6.07) is -0.186. The van der Waals surface area contributed by atoms with Crippen molar-refractivity contribution in [2.24, 2.45) is 5.92 Å². The summed E-state index contributed by atoms with van der Waals surface area (Å²) in [5.74, 6) is 0.231. The Morgan fingerprint density at radius 2 is 2.21 bits per heavy atom. The molecular formula is C15H16BNO2. The zero-order chi connectivity index (χ0) is 13.8. The van der Waals surface area contributed by atoms with Crippen molar-refractivity contribution in [2.75, 3.05) is 0 Å². The van der Waals surface area contributed by atoms with Gasteiger partial charge in [-0.05, 0) is 19.1 Å². The van der Waals surface area contributed by atoms with Gasteiger partial charge in [0.2, 0.25) is 7.85 Å². The third-order valence-electron chi connectivity index (χ3n) is 3.27. The summed E-state index contributed by atoms with van der Waals surface area (Å²) in [6.45, 7) is 5.60. The van der Waals surface area contributed by atoms with Gasteiger partial charge in [0.1, 0.15) is 11.9 Å². The van der Waals surface area contributed by atoms with Crippen molar-refractivity contribution in [2.45, 2.75) is 19.1 Å². The number of allylic oxidation sites excluding steroid dienone is 5. The molecule has 0 aromatic rings. The zero-order valence-electron chi connectivity index (χ0n) is 10.9. The Morgan fingerprint density at radius 1 is 1.47 bits per heavy atom. The molecule has 19 heavy (non-hydrogen) atoms. The summed E-state index contributed by atoms with van der Waals surface area (Å²) in [6.07, 6.45) is 13.2. The largest absolute Gasteiger partial charge is 0.485 e. The Hall–Kier alpha value is -1.97. The predicted molar refractivity (Wildman–Crippen MR) is 76.8 cm³/mol. The van der Waals surface area contributed by atoms with Crippen molar-refractivity contribution < 1.29 is 9.53 Å². The van der Waals surface area contributed by atoms with Crippen molar-refractivity contribution in [3.8, 4) is 0 Å². The lowest BCUT2D eigenvalue weighted by Crippen LogP contribution is -2.49. The van der Waals surface area contributed by atoms with Gasteiger partial charge < -0.3 is 10.1 Å². The van der Waals surface area contributed by atoms with Crippen LogP contribution in [0.15, 0.2) is 60.4 Å². The fraction of sp³-hybridized carbons (Fsp3) is 0.267. The Labute approximate surface area is 114 Å². The molecule has 3 atom stereocenters. The smallest absolute Gasteiger partial charge is 0.200 e. The van der Waals surface area contributed by atoms with Crippen molar-refractivity contribution in [3.05, 3.63) is 60.4 Å². The van der Waals surface area contributed by atoms with E-state index in [1.807, 2.05) is 37.3 Å². The summed E-state index contributed by atoms with van der Waals surface area (Å²) >= 11 is 0. The van der Waals surface area contributed by atoms with Gasteiger partial charge >= 0.3 is 0 Å². The molecule has 0 aromatic heterocycles. The van der Waals surface area contributed by atoms with Crippen LogP contribution in [0.2, 0.25) is 0 Å². The van der Waals surface area contributed by atoms with Crippen LogP contribution in [-0.2, 0) is 4.74 Å². The molecule has 3 nitrogen and oxygen atoms in total. The molecule has 1 fully saturated rings. The average molecular weight is 253 g/mol. The molecule has 0 bridgehead atoms. The first-order valence-corrected chi connectivity index (χ1v) is 6.24. The molecule has 1 saturated heterocycles. The van der Waals surface area contributed by atoms with E-state index in [0.29, 0.717) is 0 Å². The molecule has 2 rings (SSSR count). The number of fused-ring (bicyclic) bond motifs is 1. The van der Waals surface area contributed by atoms with Gasteiger partial charge in [-0.15, -0.1) is 0 Å². The Kier molecular flexibility index (Phi) is 4.10. The zero-order valence-corrected chi connectivity index (χ0v) is 10.9. The molecule has 1 amide bonds. The van der Waals surface area contributed by atoms with Gasteiger partial charge in [0, 0.05) is 11.5 Å². The summed E-state index contributed by atoms with van der Waals surface area (Å²) in [4.78, 5) is 11.2. The highest BCUT2D eigenvalue weighted by Crippen LogP contribution is 2.35. The fourth-order valence-electron chi connectivity index (χ4n) is 2.49. The second-order valence-electron chi connectivity index (χ2n) is 4.43. The van der Waals surface area contributed by atoms with E-state index >= 15 is 0 Å². The lowest BCUT2D eigenvalue weighted by molar-refractivity contribution is 0.0854. The molecular weight excluding hydrogens is 237 g/mol. The molecule has 4 heteroatoms. The van der Waals surface area contributed by atoms with Gasteiger partial charge in [0.25, 0.3) is 0 Å². The van der Waals surface area contributed by atoms with E-state index in [2.05, 4.69) is 11.9 Å². The predicted octanol–water partition coefficient (Wildman–Crippen LogP) is 2.39. The van der Waals surface area contributed by atoms with Gasteiger partial charge in [-0.3, -0.25) is 4.79 Å². The Morgan fingerprint density at radius 3 is 2.84 bits per heavy atom. The fourth-order valence-corrected chi connectivity index (χ4v) is 2.49. The number of carbonyl (C=O) groups is 1. The molecule has 3 unspecified atom stereocenters. The minimum Gasteiger partial charge on any atom is -0.485 e. The summed E-state index contributed by atoms with van der Waals surface area (Å²) in [7, 11) is 5.28. The minimum absolute atomic E-state index is 0.0469. The second kappa shape index (κ2) is 5.78. The van der Waals surface area contributed by atoms with Gasteiger partial charge in [-0.25, -0.2) is 0 Å². The average Bonchev–Trinajstić information content (AvgIpc) is 2.39. The number of ether oxygens (including phenoxy) is 1. The second-order valence-corrected chi connectivity index (χ2v) is 4.43. The van der Waals surface area contributed by atoms with Crippen LogP contribution in [0, 0.1) is 5.92 Å². The first-order valence-electron chi connectivity index (χ1n) is 6.24. The number of hydrogen-bond donors (Lipinski definition) is 1. The third kappa shape index (κ3) is 2.73. The van der Waals surface area contributed by atoms with E-state index in [-0.39, 0.29) is 18.1 Å². The topological polar surface area (TPSA) is 38.3 Å². The van der Waals surface area contributed by atoms with E-state index < -0.39 is 5.81 Å². The van der Waals surface area contributed by atoms with Crippen molar-refractivity contribution in [1.82, 2.24) is 5.32 Å². The Bertz CT molecular complexity index is 502. The van der Waals surface area contributed by atoms with Crippen LogP contribution in [0.4, 0.5) is 4.79 Å². The van der Waals surface area contributed by atoms with E-state index in [4.69, 9.17) is 12.6 Å². The number of carbonyl (C=O) groups excluding carboxylic acids is 1. The van der Waals surface area contributed by atoms with Crippen LogP contribution in [0.5, 0.6) is 0 Å². The van der Waals surface area contributed by atoms with Crippen LogP contribution < -0.4 is 5.32 Å². The SMILES string of the molecule is [B]C(=O)NC1C(=C/C)/C(=C\C=C)OC2C=CC=CC21. The van der Waals surface area contributed by atoms with Crippen LogP contribution in [0.1, 0.15) is 6.92 Å². The maximum atomic E-state index is 11.2. The van der Waals surface area contributed by atoms with Crippen molar-refractivity contribution >= 4 is 13.7 Å². The maximum Gasteiger partial charge on any atom is 0.200 e. The van der Waals surface area contributed by atoms with Gasteiger partial charge in [0.05, 0.1) is 6.04 Å². The van der Waals surface area contributed by atoms with E-state index in [0.717, 1.165) is 11.3 Å². The normalized spacial score (nSPS) is 32.8. The van der Waals surface area contributed by atoms with Crippen LogP contribution in [-0.4, -0.2) is 25.8 Å². The van der Waals surface area contributed by atoms with Gasteiger partial charge in [-0.1, -0.05) is 37.0 Å². The standard InChI is InChI=1S/C15H16BNO2/c1-3-7-12-10(4-2)14(17-15(16)18)11-8-5-6-9-13(11)19-12/h3-9,11,13-14H,1H2,2H3,(H,17,18)/b10-4+,12-7+. The summed E-state index contributed by atoms with van der Waals surface area (Å²) < 4.78 is 5.94. The van der Waals surface area contributed by atoms with E-state index in [1.54, 1.807) is 12.2 Å². The number of rotatable bonds is 2. The molecule has 96 valence electrons. The lowest BCUT2D eigenvalue weighted by atomic mass is 9.81. The van der Waals surface area contributed by atoms with Crippen molar-refractivity contribution in [3.63, 3.8) is 0 Å². The summed E-state index contributed by atoms with van der Waals surface area (Å²) in [5, 5.41) is 2.80. The third-order valence-corrected chi connectivity index (χ3v) is 3.27. The number of hydrogen-bond acceptors (Lipinski definition) is 2. The molecule has 0 spiro atoms. The highest BCUT2D eigenvalue weighted by Gasteiger charge is 2.38. The number of nitrogens with one attached hydrogen (secondary N) is 1. The lowest BCUT2D eigenvalue weighted by Gasteiger charge is -2.40. The van der Waals surface area contributed by atoms with E-state index in [1.165, 1.54) is 0 Å². The van der Waals surface area contributed by atoms with Crippen LogP contribution in [0.25, 0.3) is 0 Å². The quantitative estimate of drug-likeness (QED) is 0.767. The number of amides is 1. The Balaban J connectivity index is 2.40. The monoisotopic (exact) mass is 253 g/mol. The highest BCUT2D eigenvalue weighted by atomic mass is 16.5. The minimum atomic E-state index is -0.536. The molecule has 1 heterocycles. The van der Waals surface area contributed by atoms with Crippen LogP contribution in [0.3, 0.4) is 0 Å². The molecule has 1 aliphatic carbocycles. The maximum absolute atomic E-state index is 11.2. The molecule has 0 saturated carbocycles. The van der Waals surface area contributed by atoms with Crippen molar-refractivity contribution in [1.29, 1.82) is 0 Å². The molecule has 1 N–H and O–H groups in total. The molecule has 1 aliphatic heterocycles. The molecule has 0 aromatic carbocycles. The highest BCUT2D eigenvalue weighted by molar-refractivity contribution is 6.57. The molecule has 2 aliphatic rings.